The molecule has 2 aliphatic rings. The van der Waals surface area contributed by atoms with Crippen molar-refractivity contribution < 1.29 is 18.9 Å². The molecule has 0 fully saturated rings. The van der Waals surface area contributed by atoms with Crippen LogP contribution < -0.4 is 18.9 Å². The van der Waals surface area contributed by atoms with E-state index < -0.39 is 0 Å². The molecular weight excluding hydrogens is 392 g/mol. The first-order chi connectivity index (χ1) is 15.0. The highest BCUT2D eigenvalue weighted by atomic mass is 16.5. The Morgan fingerprint density at radius 1 is 0.645 bits per heavy atom. The number of rotatable bonds is 6. The summed E-state index contributed by atoms with van der Waals surface area (Å²) in [4.78, 5) is 5.13. The third-order valence-electron chi connectivity index (χ3n) is 6.99. The molecule has 2 aromatic rings. The van der Waals surface area contributed by atoms with E-state index in [2.05, 4.69) is 47.9 Å². The van der Waals surface area contributed by atoms with Gasteiger partial charge in [-0.3, -0.25) is 9.80 Å². The summed E-state index contributed by atoms with van der Waals surface area (Å²) in [5.41, 5.74) is 5.38. The average Bonchev–Trinajstić information content (AvgIpc) is 2.80. The fourth-order valence-electron chi connectivity index (χ4n) is 5.01. The van der Waals surface area contributed by atoms with Gasteiger partial charge in [-0.1, -0.05) is 0 Å². The highest BCUT2D eigenvalue weighted by Crippen LogP contribution is 2.40. The van der Waals surface area contributed by atoms with Gasteiger partial charge in [0.1, 0.15) is 0 Å². The summed E-state index contributed by atoms with van der Waals surface area (Å²) in [5, 5.41) is 0. The Bertz CT molecular complexity index is 870. The zero-order chi connectivity index (χ0) is 22.1. The molecule has 0 unspecified atom stereocenters. The van der Waals surface area contributed by atoms with E-state index in [9.17, 15) is 0 Å². The van der Waals surface area contributed by atoms with Crippen LogP contribution in [0.3, 0.4) is 0 Å². The summed E-state index contributed by atoms with van der Waals surface area (Å²) < 4.78 is 22.1. The first-order valence-corrected chi connectivity index (χ1v) is 11.0. The maximum Gasteiger partial charge on any atom is 0.161 e. The average molecular weight is 427 g/mol. The number of ether oxygens (including phenoxy) is 4. The molecule has 168 valence electrons. The van der Waals surface area contributed by atoms with Crippen molar-refractivity contribution in [2.24, 2.45) is 0 Å². The van der Waals surface area contributed by atoms with E-state index in [1.165, 1.54) is 22.3 Å². The van der Waals surface area contributed by atoms with Crippen molar-refractivity contribution in [2.75, 3.05) is 48.2 Å². The standard InChI is InChI=1S/C25H34N2O4/c1-16-20-13-24(30-5)22(28-3)11-18(20)7-9-26(16)15-27-10-8-19-12-23(29-4)25(31-6)14-21(19)17(27)2/h11-14,16-17H,7-10,15H2,1-6H3/t16-,17-/m0/s1. The lowest BCUT2D eigenvalue weighted by molar-refractivity contribution is 0.0620. The van der Waals surface area contributed by atoms with Gasteiger partial charge in [0.25, 0.3) is 0 Å². The van der Waals surface area contributed by atoms with Crippen LogP contribution >= 0.6 is 0 Å². The molecule has 2 aliphatic heterocycles. The van der Waals surface area contributed by atoms with E-state index in [1.54, 1.807) is 28.4 Å². The lowest BCUT2D eigenvalue weighted by Crippen LogP contribution is -2.45. The normalized spacial score (nSPS) is 21.2. The Labute approximate surface area is 185 Å². The number of nitrogens with zero attached hydrogens (tertiary/aromatic N) is 2. The van der Waals surface area contributed by atoms with Gasteiger partial charge in [-0.25, -0.2) is 0 Å². The SMILES string of the molecule is COc1cc2c(cc1OC)[C@H](C)N(CN1CCc3cc(OC)c(OC)cc3[C@@H]1C)CC2. The molecule has 0 saturated heterocycles. The number of fused-ring (bicyclic) bond motifs is 2. The van der Waals surface area contributed by atoms with Crippen molar-refractivity contribution in [3.8, 4) is 23.0 Å². The molecule has 0 spiro atoms. The monoisotopic (exact) mass is 426 g/mol. The molecule has 0 bridgehead atoms. The van der Waals surface area contributed by atoms with Crippen molar-refractivity contribution in [3.05, 3.63) is 46.5 Å². The van der Waals surface area contributed by atoms with Gasteiger partial charge in [0.15, 0.2) is 23.0 Å². The lowest BCUT2D eigenvalue weighted by Gasteiger charge is -2.43. The molecule has 6 nitrogen and oxygen atoms in total. The number of methoxy groups -OCH3 is 4. The molecule has 31 heavy (non-hydrogen) atoms. The largest absolute Gasteiger partial charge is 0.493 e. The van der Waals surface area contributed by atoms with Gasteiger partial charge in [0.2, 0.25) is 0 Å². The minimum absolute atomic E-state index is 0.322. The van der Waals surface area contributed by atoms with Crippen LogP contribution in [0.2, 0.25) is 0 Å². The van der Waals surface area contributed by atoms with Crippen LogP contribution in [-0.2, 0) is 12.8 Å². The molecule has 0 radical (unpaired) electrons. The molecule has 2 atom stereocenters. The molecule has 4 rings (SSSR count). The molecular formula is C25H34N2O4. The summed E-state index contributed by atoms with van der Waals surface area (Å²) >= 11 is 0. The van der Waals surface area contributed by atoms with Crippen LogP contribution in [0.25, 0.3) is 0 Å². The second-order valence-corrected chi connectivity index (χ2v) is 8.43. The smallest absolute Gasteiger partial charge is 0.161 e. The van der Waals surface area contributed by atoms with E-state index in [0.717, 1.165) is 55.6 Å². The topological polar surface area (TPSA) is 43.4 Å². The second kappa shape index (κ2) is 8.97. The van der Waals surface area contributed by atoms with Gasteiger partial charge in [-0.15, -0.1) is 0 Å². The third-order valence-corrected chi connectivity index (χ3v) is 6.99. The van der Waals surface area contributed by atoms with Crippen molar-refractivity contribution in [2.45, 2.75) is 38.8 Å². The van der Waals surface area contributed by atoms with Crippen LogP contribution in [0.5, 0.6) is 23.0 Å². The Balaban J connectivity index is 1.54. The highest BCUT2D eigenvalue weighted by Gasteiger charge is 2.31. The minimum Gasteiger partial charge on any atom is -0.493 e. The Morgan fingerprint density at radius 2 is 1.00 bits per heavy atom. The summed E-state index contributed by atoms with van der Waals surface area (Å²) in [6.45, 7) is 7.59. The molecule has 0 aliphatic carbocycles. The van der Waals surface area contributed by atoms with Crippen LogP contribution in [0, 0.1) is 0 Å². The molecule has 2 heterocycles. The Hall–Kier alpha value is -2.44. The molecule has 2 aromatic carbocycles. The zero-order valence-corrected chi connectivity index (χ0v) is 19.5. The lowest BCUT2D eigenvalue weighted by atomic mass is 9.91. The van der Waals surface area contributed by atoms with Gasteiger partial charge >= 0.3 is 0 Å². The van der Waals surface area contributed by atoms with Crippen molar-refractivity contribution in [3.63, 3.8) is 0 Å². The molecule has 0 amide bonds. The number of benzene rings is 2. The van der Waals surface area contributed by atoms with E-state index in [0.29, 0.717) is 12.1 Å². The van der Waals surface area contributed by atoms with E-state index in [-0.39, 0.29) is 0 Å². The van der Waals surface area contributed by atoms with Gasteiger partial charge in [0.05, 0.1) is 35.1 Å². The van der Waals surface area contributed by atoms with Crippen LogP contribution in [0.4, 0.5) is 0 Å². The summed E-state index contributed by atoms with van der Waals surface area (Å²) in [6, 6.07) is 9.22. The molecule has 0 N–H and O–H groups in total. The van der Waals surface area contributed by atoms with E-state index in [4.69, 9.17) is 18.9 Å². The maximum absolute atomic E-state index is 5.56. The maximum atomic E-state index is 5.56. The van der Waals surface area contributed by atoms with Gasteiger partial charge in [0, 0.05) is 25.2 Å². The van der Waals surface area contributed by atoms with Gasteiger partial charge in [-0.05, 0) is 73.2 Å². The fourth-order valence-corrected chi connectivity index (χ4v) is 5.01. The van der Waals surface area contributed by atoms with Gasteiger partial charge in [-0.2, -0.15) is 0 Å². The first-order valence-electron chi connectivity index (χ1n) is 11.0. The zero-order valence-electron chi connectivity index (χ0n) is 19.5. The predicted octanol–water partition coefficient (Wildman–Crippen LogP) is 4.22. The molecule has 6 heteroatoms. The van der Waals surface area contributed by atoms with E-state index >= 15 is 0 Å². The summed E-state index contributed by atoms with van der Waals surface area (Å²) in [5.74, 6) is 3.23. The fraction of sp³-hybridized carbons (Fsp3) is 0.520. The Kier molecular flexibility index (Phi) is 6.30. The van der Waals surface area contributed by atoms with Crippen LogP contribution in [0.15, 0.2) is 24.3 Å². The summed E-state index contributed by atoms with van der Waals surface area (Å²) in [7, 11) is 6.79. The van der Waals surface area contributed by atoms with E-state index in [1.807, 2.05) is 0 Å². The van der Waals surface area contributed by atoms with Gasteiger partial charge < -0.3 is 18.9 Å². The van der Waals surface area contributed by atoms with Crippen molar-refractivity contribution >= 4 is 0 Å². The highest BCUT2D eigenvalue weighted by molar-refractivity contribution is 5.50. The third kappa shape index (κ3) is 3.94. The van der Waals surface area contributed by atoms with Crippen molar-refractivity contribution in [1.82, 2.24) is 9.80 Å². The number of hydrogen-bond donors (Lipinski definition) is 0. The second-order valence-electron chi connectivity index (χ2n) is 8.43. The first kappa shape index (κ1) is 21.8. The number of hydrogen-bond acceptors (Lipinski definition) is 6. The minimum atomic E-state index is 0.322. The van der Waals surface area contributed by atoms with Crippen molar-refractivity contribution in [1.29, 1.82) is 0 Å². The van der Waals surface area contributed by atoms with Crippen LogP contribution in [-0.4, -0.2) is 58.0 Å². The molecule has 0 saturated carbocycles. The Morgan fingerprint density at radius 3 is 1.35 bits per heavy atom. The predicted molar refractivity (Wildman–Crippen MR) is 122 cm³/mol. The summed E-state index contributed by atoms with van der Waals surface area (Å²) in [6.07, 6.45) is 2.04. The quantitative estimate of drug-likeness (QED) is 0.689. The molecule has 0 aromatic heterocycles. The van der Waals surface area contributed by atoms with Crippen LogP contribution in [0.1, 0.15) is 48.2 Å².